The second-order valence-corrected chi connectivity index (χ2v) is 3.78. The van der Waals surface area contributed by atoms with Gasteiger partial charge in [0, 0.05) is 10.9 Å². The molecule has 2 rings (SSSR count). The van der Waals surface area contributed by atoms with E-state index in [1.807, 2.05) is 18.2 Å². The Kier molecular flexibility index (Phi) is 2.93. The summed E-state index contributed by atoms with van der Waals surface area (Å²) in [4.78, 5) is 0. The van der Waals surface area contributed by atoms with Gasteiger partial charge in [-0.15, -0.1) is 10.2 Å². The minimum atomic E-state index is 0.681. The minimum absolute atomic E-state index is 0.681. The fourth-order valence-corrected chi connectivity index (χ4v) is 1.73. The van der Waals surface area contributed by atoms with Crippen molar-refractivity contribution in [1.29, 1.82) is 0 Å². The molecule has 0 radical (unpaired) electrons. The molecule has 0 aliphatic carbocycles. The predicted octanol–water partition coefficient (Wildman–Crippen LogP) is 2.62. The molecule has 72 valence electrons. The Labute approximate surface area is 90.3 Å². The molecule has 4 heteroatoms. The van der Waals surface area contributed by atoms with Crippen molar-refractivity contribution >= 4 is 15.9 Å². The highest BCUT2D eigenvalue weighted by molar-refractivity contribution is 9.10. The molecule has 0 amide bonds. The highest BCUT2D eigenvalue weighted by Gasteiger charge is 2.02. The molecular weight excluding hydrogens is 244 g/mol. The average molecular weight is 253 g/mol. The number of aromatic nitrogens is 2. The van der Waals surface area contributed by atoms with Gasteiger partial charge in [0.1, 0.15) is 0 Å². The van der Waals surface area contributed by atoms with Crippen molar-refractivity contribution in [2.24, 2.45) is 0 Å². The molecule has 2 aromatic rings. The summed E-state index contributed by atoms with van der Waals surface area (Å²) < 4.78 is 6.18. The normalized spacial score (nSPS) is 10.4. The van der Waals surface area contributed by atoms with Gasteiger partial charge in [-0.2, -0.15) is 0 Å². The second kappa shape index (κ2) is 4.37. The van der Waals surface area contributed by atoms with Gasteiger partial charge in [-0.3, -0.25) is 0 Å². The lowest BCUT2D eigenvalue weighted by atomic mass is 10.1. The summed E-state index contributed by atoms with van der Waals surface area (Å²) in [6.45, 7) is 0. The molecule has 0 bridgehead atoms. The summed E-state index contributed by atoms with van der Waals surface area (Å²) >= 11 is 3.49. The summed E-state index contributed by atoms with van der Waals surface area (Å²) in [7, 11) is 0. The number of hydrogen-bond donors (Lipinski definition) is 0. The van der Waals surface area contributed by atoms with Crippen molar-refractivity contribution < 1.29 is 4.42 Å². The standard InChI is InChI=1S/C10H9BrN2O/c11-9-4-2-1-3-8(9)5-6-10-13-12-7-14-10/h1-4,7H,5-6H2. The highest BCUT2D eigenvalue weighted by atomic mass is 79.9. The molecule has 3 nitrogen and oxygen atoms in total. The number of nitrogens with zero attached hydrogens (tertiary/aromatic N) is 2. The van der Waals surface area contributed by atoms with Gasteiger partial charge in [0.25, 0.3) is 0 Å². The third kappa shape index (κ3) is 2.20. The van der Waals surface area contributed by atoms with Gasteiger partial charge >= 0.3 is 0 Å². The zero-order valence-electron chi connectivity index (χ0n) is 7.48. The summed E-state index contributed by atoms with van der Waals surface area (Å²) in [6.07, 6.45) is 3.04. The fraction of sp³-hybridized carbons (Fsp3) is 0.200. The Morgan fingerprint density at radius 3 is 2.79 bits per heavy atom. The molecule has 0 atom stereocenters. The molecule has 1 aromatic heterocycles. The first-order valence-electron chi connectivity index (χ1n) is 4.35. The molecule has 0 aliphatic heterocycles. The van der Waals surface area contributed by atoms with Crippen LogP contribution in [0.25, 0.3) is 0 Å². The topological polar surface area (TPSA) is 38.9 Å². The van der Waals surface area contributed by atoms with E-state index in [9.17, 15) is 0 Å². The molecule has 1 heterocycles. The molecule has 14 heavy (non-hydrogen) atoms. The van der Waals surface area contributed by atoms with Gasteiger partial charge in [-0.1, -0.05) is 34.1 Å². The van der Waals surface area contributed by atoms with E-state index in [1.165, 1.54) is 12.0 Å². The maximum Gasteiger partial charge on any atom is 0.216 e. The maximum absolute atomic E-state index is 5.06. The van der Waals surface area contributed by atoms with Crippen molar-refractivity contribution in [1.82, 2.24) is 10.2 Å². The first-order valence-corrected chi connectivity index (χ1v) is 5.14. The van der Waals surface area contributed by atoms with Crippen molar-refractivity contribution in [3.8, 4) is 0 Å². The Hall–Kier alpha value is -1.16. The van der Waals surface area contributed by atoms with Crippen LogP contribution < -0.4 is 0 Å². The lowest BCUT2D eigenvalue weighted by molar-refractivity contribution is 0.492. The minimum Gasteiger partial charge on any atom is -0.428 e. The Morgan fingerprint density at radius 2 is 2.07 bits per heavy atom. The van der Waals surface area contributed by atoms with Crippen LogP contribution in [0.2, 0.25) is 0 Å². The van der Waals surface area contributed by atoms with Gasteiger partial charge in [-0.25, -0.2) is 0 Å². The molecule has 0 spiro atoms. The van der Waals surface area contributed by atoms with E-state index >= 15 is 0 Å². The lowest BCUT2D eigenvalue weighted by Crippen LogP contribution is -1.92. The molecule has 0 aliphatic rings. The van der Waals surface area contributed by atoms with Crippen LogP contribution in [0, 0.1) is 0 Å². The molecule has 0 saturated carbocycles. The molecule has 0 unspecified atom stereocenters. The molecule has 0 fully saturated rings. The van der Waals surface area contributed by atoms with Gasteiger partial charge in [0.2, 0.25) is 12.3 Å². The zero-order valence-corrected chi connectivity index (χ0v) is 9.07. The molecule has 0 N–H and O–H groups in total. The van der Waals surface area contributed by atoms with E-state index in [0.29, 0.717) is 5.89 Å². The summed E-state index contributed by atoms with van der Waals surface area (Å²) in [5.41, 5.74) is 1.26. The third-order valence-electron chi connectivity index (χ3n) is 1.97. The van der Waals surface area contributed by atoms with Crippen molar-refractivity contribution in [2.75, 3.05) is 0 Å². The van der Waals surface area contributed by atoms with Crippen LogP contribution in [-0.2, 0) is 12.8 Å². The van der Waals surface area contributed by atoms with Crippen molar-refractivity contribution in [2.45, 2.75) is 12.8 Å². The first-order chi connectivity index (χ1) is 6.86. The Morgan fingerprint density at radius 1 is 1.21 bits per heavy atom. The highest BCUT2D eigenvalue weighted by Crippen LogP contribution is 2.17. The first kappa shape index (κ1) is 9.40. The van der Waals surface area contributed by atoms with Crippen LogP contribution in [-0.4, -0.2) is 10.2 Å². The predicted molar refractivity (Wildman–Crippen MR) is 55.8 cm³/mol. The number of rotatable bonds is 3. The van der Waals surface area contributed by atoms with Crippen LogP contribution in [0.1, 0.15) is 11.5 Å². The summed E-state index contributed by atoms with van der Waals surface area (Å²) in [5, 5.41) is 7.46. The van der Waals surface area contributed by atoms with E-state index in [4.69, 9.17) is 4.42 Å². The SMILES string of the molecule is Brc1ccccc1CCc1nnco1. The van der Waals surface area contributed by atoms with Crippen LogP contribution in [0.5, 0.6) is 0 Å². The fourth-order valence-electron chi connectivity index (χ4n) is 1.25. The van der Waals surface area contributed by atoms with Crippen LogP contribution in [0.3, 0.4) is 0 Å². The van der Waals surface area contributed by atoms with Crippen LogP contribution in [0.15, 0.2) is 39.5 Å². The van der Waals surface area contributed by atoms with Gasteiger partial charge in [0.15, 0.2) is 0 Å². The Balaban J connectivity index is 2.02. The van der Waals surface area contributed by atoms with E-state index in [2.05, 4.69) is 32.2 Å². The van der Waals surface area contributed by atoms with Gasteiger partial charge in [-0.05, 0) is 18.1 Å². The van der Waals surface area contributed by atoms with Gasteiger partial charge in [0.05, 0.1) is 0 Å². The maximum atomic E-state index is 5.06. The van der Waals surface area contributed by atoms with Crippen LogP contribution >= 0.6 is 15.9 Å². The van der Waals surface area contributed by atoms with E-state index in [-0.39, 0.29) is 0 Å². The quantitative estimate of drug-likeness (QED) is 0.843. The average Bonchev–Trinajstić information content (AvgIpc) is 2.69. The number of aryl methyl sites for hydroxylation is 2. The smallest absolute Gasteiger partial charge is 0.216 e. The zero-order chi connectivity index (χ0) is 9.80. The largest absolute Gasteiger partial charge is 0.428 e. The monoisotopic (exact) mass is 252 g/mol. The van der Waals surface area contributed by atoms with E-state index < -0.39 is 0 Å². The van der Waals surface area contributed by atoms with Gasteiger partial charge < -0.3 is 4.42 Å². The van der Waals surface area contributed by atoms with Crippen LogP contribution in [0.4, 0.5) is 0 Å². The van der Waals surface area contributed by atoms with Crippen molar-refractivity contribution in [3.05, 3.63) is 46.6 Å². The number of benzene rings is 1. The third-order valence-corrected chi connectivity index (χ3v) is 2.74. The molecular formula is C10H9BrN2O. The summed E-state index contributed by atoms with van der Waals surface area (Å²) in [5.74, 6) is 0.681. The number of hydrogen-bond acceptors (Lipinski definition) is 3. The number of halogens is 1. The molecule has 0 saturated heterocycles. The van der Waals surface area contributed by atoms with E-state index in [1.54, 1.807) is 0 Å². The summed E-state index contributed by atoms with van der Waals surface area (Å²) in [6, 6.07) is 8.14. The second-order valence-electron chi connectivity index (χ2n) is 2.92. The Bertz CT molecular complexity index is 400. The lowest BCUT2D eigenvalue weighted by Gasteiger charge is -2.00. The van der Waals surface area contributed by atoms with E-state index in [0.717, 1.165) is 17.3 Å². The molecule has 1 aromatic carbocycles. The van der Waals surface area contributed by atoms with Crippen molar-refractivity contribution in [3.63, 3.8) is 0 Å².